The molecule has 27 heavy (non-hydrogen) atoms. The van der Waals surface area contributed by atoms with Crippen LogP contribution in [0.3, 0.4) is 0 Å². The third-order valence-electron chi connectivity index (χ3n) is 5.18. The molecule has 0 aliphatic heterocycles. The summed E-state index contributed by atoms with van der Waals surface area (Å²) in [5, 5.41) is 9.46. The molecule has 3 heteroatoms. The van der Waals surface area contributed by atoms with Gasteiger partial charge in [0.05, 0.1) is 6.42 Å². The molecule has 2 aromatic carbocycles. The Hall–Kier alpha value is -2.39. The quantitative estimate of drug-likeness (QED) is 0.689. The van der Waals surface area contributed by atoms with Gasteiger partial charge in [0, 0.05) is 6.04 Å². The largest absolute Gasteiger partial charge is 0.481 e. The molecule has 144 valence electrons. The lowest BCUT2D eigenvalue weighted by atomic mass is 9.83. The summed E-state index contributed by atoms with van der Waals surface area (Å²) in [4.78, 5) is 11.5. The van der Waals surface area contributed by atoms with Crippen LogP contribution in [-0.4, -0.2) is 17.1 Å². The lowest BCUT2D eigenvalue weighted by Crippen LogP contribution is -2.21. The van der Waals surface area contributed by atoms with E-state index < -0.39 is 5.97 Å². The number of benzene rings is 2. The fraction of sp³-hybridized carbons (Fsp3) is 0.375. The van der Waals surface area contributed by atoms with Crippen LogP contribution in [0.2, 0.25) is 0 Å². The van der Waals surface area contributed by atoms with Crippen molar-refractivity contribution in [2.24, 2.45) is 5.73 Å². The molecule has 0 fully saturated rings. The van der Waals surface area contributed by atoms with Crippen LogP contribution in [0, 0.1) is 20.8 Å². The minimum absolute atomic E-state index is 0.0334. The SMILES string of the molecule is CCc1c(C)c(CC(=O)O)c(/C=C/c2ccc(C)cc2)c(C)c1CC(C)N. The fourth-order valence-corrected chi connectivity index (χ4v) is 3.76. The van der Waals surface area contributed by atoms with Crippen molar-refractivity contribution in [2.75, 3.05) is 0 Å². The first kappa shape index (κ1) is 20.9. The van der Waals surface area contributed by atoms with E-state index >= 15 is 0 Å². The maximum Gasteiger partial charge on any atom is 0.307 e. The predicted octanol–water partition coefficient (Wildman–Crippen LogP) is 4.86. The fourth-order valence-electron chi connectivity index (χ4n) is 3.76. The van der Waals surface area contributed by atoms with E-state index in [1.165, 1.54) is 16.7 Å². The van der Waals surface area contributed by atoms with Crippen molar-refractivity contribution in [3.63, 3.8) is 0 Å². The number of aryl methyl sites for hydroxylation is 1. The Bertz CT molecular complexity index is 846. The summed E-state index contributed by atoms with van der Waals surface area (Å²) in [5.41, 5.74) is 15.1. The van der Waals surface area contributed by atoms with Crippen LogP contribution in [0.5, 0.6) is 0 Å². The zero-order chi connectivity index (χ0) is 20.1. The van der Waals surface area contributed by atoms with Gasteiger partial charge in [0.2, 0.25) is 0 Å². The Morgan fingerprint density at radius 3 is 2.19 bits per heavy atom. The van der Waals surface area contributed by atoms with Crippen LogP contribution in [-0.2, 0) is 24.1 Å². The van der Waals surface area contributed by atoms with Crippen LogP contribution in [0.15, 0.2) is 24.3 Å². The number of rotatable bonds is 7. The number of nitrogens with two attached hydrogens (primary N) is 1. The molecular weight excluding hydrogens is 334 g/mol. The standard InChI is InChI=1S/C24H31NO2/c1-6-20-17(4)23(14-24(26)27)21(18(5)22(20)13-16(3)25)12-11-19-9-7-15(2)8-10-19/h7-12,16H,6,13-14,25H2,1-5H3,(H,26,27)/b12-11+. The van der Waals surface area contributed by atoms with Gasteiger partial charge in [0.25, 0.3) is 0 Å². The molecule has 2 aromatic rings. The van der Waals surface area contributed by atoms with Gasteiger partial charge in [0.1, 0.15) is 0 Å². The minimum atomic E-state index is -0.801. The van der Waals surface area contributed by atoms with Crippen molar-refractivity contribution in [1.82, 2.24) is 0 Å². The van der Waals surface area contributed by atoms with Crippen molar-refractivity contribution in [3.05, 3.63) is 68.8 Å². The average Bonchev–Trinajstić information content (AvgIpc) is 2.60. The van der Waals surface area contributed by atoms with Crippen molar-refractivity contribution in [3.8, 4) is 0 Å². The van der Waals surface area contributed by atoms with Crippen LogP contribution < -0.4 is 5.73 Å². The van der Waals surface area contributed by atoms with E-state index in [2.05, 4.69) is 57.2 Å². The number of carboxylic acid groups (broad SMARTS) is 1. The van der Waals surface area contributed by atoms with Crippen LogP contribution in [0.1, 0.15) is 58.4 Å². The first-order valence-corrected chi connectivity index (χ1v) is 9.60. The molecule has 0 saturated carbocycles. The van der Waals surface area contributed by atoms with Crippen molar-refractivity contribution < 1.29 is 9.90 Å². The molecule has 0 bridgehead atoms. The highest BCUT2D eigenvalue weighted by atomic mass is 16.4. The first-order chi connectivity index (χ1) is 12.7. The Morgan fingerprint density at radius 2 is 1.67 bits per heavy atom. The van der Waals surface area contributed by atoms with Gasteiger partial charge in [0.15, 0.2) is 0 Å². The Balaban J connectivity index is 2.65. The highest BCUT2D eigenvalue weighted by Crippen LogP contribution is 2.31. The second-order valence-electron chi connectivity index (χ2n) is 7.45. The molecule has 1 unspecified atom stereocenters. The second kappa shape index (κ2) is 9.01. The van der Waals surface area contributed by atoms with E-state index in [1.54, 1.807) is 0 Å². The molecule has 0 aliphatic rings. The Labute approximate surface area is 162 Å². The Morgan fingerprint density at radius 1 is 1.04 bits per heavy atom. The normalized spacial score (nSPS) is 12.5. The van der Waals surface area contributed by atoms with Crippen LogP contribution >= 0.6 is 0 Å². The maximum atomic E-state index is 11.5. The third kappa shape index (κ3) is 5.08. The van der Waals surface area contributed by atoms with E-state index in [9.17, 15) is 9.90 Å². The number of hydrogen-bond donors (Lipinski definition) is 2. The summed E-state index contributed by atoms with van der Waals surface area (Å²) >= 11 is 0. The molecule has 0 heterocycles. The molecule has 0 aromatic heterocycles. The average molecular weight is 366 g/mol. The van der Waals surface area contributed by atoms with Gasteiger partial charge < -0.3 is 10.8 Å². The van der Waals surface area contributed by atoms with E-state index in [0.29, 0.717) is 0 Å². The first-order valence-electron chi connectivity index (χ1n) is 9.60. The number of carboxylic acids is 1. The zero-order valence-electron chi connectivity index (χ0n) is 17.1. The lowest BCUT2D eigenvalue weighted by molar-refractivity contribution is -0.136. The van der Waals surface area contributed by atoms with E-state index in [-0.39, 0.29) is 12.5 Å². The smallest absolute Gasteiger partial charge is 0.307 e. The second-order valence-corrected chi connectivity index (χ2v) is 7.45. The monoisotopic (exact) mass is 365 g/mol. The molecule has 0 radical (unpaired) electrons. The maximum absolute atomic E-state index is 11.5. The topological polar surface area (TPSA) is 63.3 Å². The van der Waals surface area contributed by atoms with E-state index in [1.807, 2.05) is 13.8 Å². The molecule has 1 atom stereocenters. The zero-order valence-corrected chi connectivity index (χ0v) is 17.1. The van der Waals surface area contributed by atoms with Gasteiger partial charge in [-0.05, 0) is 79.5 Å². The summed E-state index contributed by atoms with van der Waals surface area (Å²) in [6, 6.07) is 8.38. The molecule has 2 rings (SSSR count). The van der Waals surface area contributed by atoms with Crippen molar-refractivity contribution in [2.45, 2.75) is 59.9 Å². The molecule has 0 aliphatic carbocycles. The summed E-state index contributed by atoms with van der Waals surface area (Å²) < 4.78 is 0. The Kier molecular flexibility index (Phi) is 6.98. The molecule has 0 saturated heterocycles. The summed E-state index contributed by atoms with van der Waals surface area (Å²) in [6.45, 7) is 10.3. The van der Waals surface area contributed by atoms with Crippen LogP contribution in [0.25, 0.3) is 12.2 Å². The molecule has 0 spiro atoms. The van der Waals surface area contributed by atoms with Crippen molar-refractivity contribution >= 4 is 18.1 Å². The predicted molar refractivity (Wildman–Crippen MR) is 114 cm³/mol. The lowest BCUT2D eigenvalue weighted by Gasteiger charge is -2.23. The molecule has 0 amide bonds. The van der Waals surface area contributed by atoms with Gasteiger partial charge in [-0.2, -0.15) is 0 Å². The minimum Gasteiger partial charge on any atom is -0.481 e. The molecular formula is C24H31NO2. The summed E-state index contributed by atoms with van der Waals surface area (Å²) in [5.74, 6) is -0.801. The van der Waals surface area contributed by atoms with E-state index in [0.717, 1.165) is 40.7 Å². The third-order valence-corrected chi connectivity index (χ3v) is 5.18. The highest BCUT2D eigenvalue weighted by Gasteiger charge is 2.19. The van der Waals surface area contributed by atoms with Crippen molar-refractivity contribution in [1.29, 1.82) is 0 Å². The number of aliphatic carboxylic acids is 1. The number of carbonyl (C=O) groups is 1. The number of hydrogen-bond acceptors (Lipinski definition) is 2. The molecule has 3 nitrogen and oxygen atoms in total. The highest BCUT2D eigenvalue weighted by molar-refractivity contribution is 5.79. The van der Waals surface area contributed by atoms with Gasteiger partial charge >= 0.3 is 5.97 Å². The van der Waals surface area contributed by atoms with Crippen LogP contribution in [0.4, 0.5) is 0 Å². The van der Waals surface area contributed by atoms with Gasteiger partial charge in [-0.3, -0.25) is 4.79 Å². The van der Waals surface area contributed by atoms with Gasteiger partial charge in [-0.1, -0.05) is 48.9 Å². The summed E-state index contributed by atoms with van der Waals surface area (Å²) in [7, 11) is 0. The van der Waals surface area contributed by atoms with E-state index in [4.69, 9.17) is 5.73 Å². The molecule has 3 N–H and O–H groups in total. The summed E-state index contributed by atoms with van der Waals surface area (Å²) in [6.07, 6.45) is 5.84. The van der Waals surface area contributed by atoms with Gasteiger partial charge in [-0.15, -0.1) is 0 Å². The van der Waals surface area contributed by atoms with Gasteiger partial charge in [-0.25, -0.2) is 0 Å².